The van der Waals surface area contributed by atoms with Crippen molar-refractivity contribution in [3.05, 3.63) is 33.8 Å². The second-order valence-corrected chi connectivity index (χ2v) is 7.50. The number of amides is 1. The lowest BCUT2D eigenvalue weighted by molar-refractivity contribution is -0.156. The van der Waals surface area contributed by atoms with Gasteiger partial charge in [-0.3, -0.25) is 4.79 Å². The summed E-state index contributed by atoms with van der Waals surface area (Å²) >= 11 is 12.3. The van der Waals surface area contributed by atoms with E-state index in [1.807, 2.05) is 0 Å². The number of ether oxygens (including phenoxy) is 1. The summed E-state index contributed by atoms with van der Waals surface area (Å²) < 4.78 is 5.25. The van der Waals surface area contributed by atoms with Gasteiger partial charge in [0.05, 0.1) is 13.0 Å². The molecule has 1 fully saturated rings. The minimum Gasteiger partial charge on any atom is -0.464 e. The van der Waals surface area contributed by atoms with E-state index in [9.17, 15) is 9.59 Å². The molecule has 1 aromatic rings. The first kappa shape index (κ1) is 20.1. The quantitative estimate of drug-likeness (QED) is 0.730. The van der Waals surface area contributed by atoms with Gasteiger partial charge in [0.25, 0.3) is 0 Å². The van der Waals surface area contributed by atoms with Gasteiger partial charge in [-0.15, -0.1) is 0 Å². The van der Waals surface area contributed by atoms with Gasteiger partial charge in [-0.2, -0.15) is 0 Å². The zero-order valence-electron chi connectivity index (χ0n) is 14.7. The van der Waals surface area contributed by atoms with Gasteiger partial charge in [0.15, 0.2) is 0 Å². The average Bonchev–Trinajstić information content (AvgIpc) is 2.59. The first-order valence-electron chi connectivity index (χ1n) is 8.79. The summed E-state index contributed by atoms with van der Waals surface area (Å²) in [6, 6.07) is 5.13. The molecule has 1 N–H and O–H groups in total. The van der Waals surface area contributed by atoms with E-state index in [1.54, 1.807) is 32.0 Å². The molecule has 0 radical (unpaired) electrons. The predicted octanol–water partition coefficient (Wildman–Crippen LogP) is 4.55. The molecule has 6 heteroatoms. The van der Waals surface area contributed by atoms with Crippen molar-refractivity contribution in [3.63, 3.8) is 0 Å². The number of esters is 1. The van der Waals surface area contributed by atoms with Crippen LogP contribution < -0.4 is 5.32 Å². The highest BCUT2D eigenvalue weighted by atomic mass is 35.5. The van der Waals surface area contributed by atoms with E-state index in [0.29, 0.717) is 15.6 Å². The van der Waals surface area contributed by atoms with Gasteiger partial charge in [-0.1, -0.05) is 48.5 Å². The van der Waals surface area contributed by atoms with Crippen LogP contribution in [0.1, 0.15) is 51.5 Å². The number of rotatable bonds is 6. The van der Waals surface area contributed by atoms with Crippen molar-refractivity contribution in [1.82, 2.24) is 5.32 Å². The van der Waals surface area contributed by atoms with E-state index >= 15 is 0 Å². The van der Waals surface area contributed by atoms with Gasteiger partial charge in [0, 0.05) is 10.0 Å². The highest BCUT2D eigenvalue weighted by molar-refractivity contribution is 6.36. The van der Waals surface area contributed by atoms with Gasteiger partial charge >= 0.3 is 5.97 Å². The van der Waals surface area contributed by atoms with Crippen molar-refractivity contribution < 1.29 is 14.3 Å². The second kappa shape index (κ2) is 8.91. The van der Waals surface area contributed by atoms with Crippen LogP contribution in [0.3, 0.4) is 0 Å². The Bertz CT molecular complexity index is 609. The summed E-state index contributed by atoms with van der Waals surface area (Å²) in [5, 5.41) is 3.81. The Morgan fingerprint density at radius 1 is 1.20 bits per heavy atom. The fourth-order valence-corrected chi connectivity index (χ4v) is 4.01. The van der Waals surface area contributed by atoms with Gasteiger partial charge in [0.1, 0.15) is 5.54 Å². The molecule has 4 nitrogen and oxygen atoms in total. The molecular formula is C19H25Cl2NO3. The Morgan fingerprint density at radius 3 is 2.36 bits per heavy atom. The van der Waals surface area contributed by atoms with Gasteiger partial charge in [-0.05, 0) is 50.3 Å². The van der Waals surface area contributed by atoms with Gasteiger partial charge < -0.3 is 10.1 Å². The van der Waals surface area contributed by atoms with Crippen LogP contribution in [-0.4, -0.2) is 24.0 Å². The number of benzene rings is 1. The van der Waals surface area contributed by atoms with Crippen LogP contribution in [-0.2, 0) is 20.7 Å². The lowest BCUT2D eigenvalue weighted by Gasteiger charge is -2.38. The van der Waals surface area contributed by atoms with Crippen LogP contribution in [0.5, 0.6) is 0 Å². The van der Waals surface area contributed by atoms with Crippen molar-refractivity contribution in [1.29, 1.82) is 0 Å². The van der Waals surface area contributed by atoms with Crippen LogP contribution in [0.15, 0.2) is 18.2 Å². The average molecular weight is 386 g/mol. The maximum Gasteiger partial charge on any atom is 0.331 e. The van der Waals surface area contributed by atoms with E-state index < -0.39 is 5.54 Å². The first-order valence-corrected chi connectivity index (χ1v) is 9.55. The molecule has 1 unspecified atom stereocenters. The van der Waals surface area contributed by atoms with E-state index in [-0.39, 0.29) is 30.8 Å². The van der Waals surface area contributed by atoms with Crippen molar-refractivity contribution in [2.24, 2.45) is 5.92 Å². The van der Waals surface area contributed by atoms with Crippen molar-refractivity contribution in [2.75, 3.05) is 6.61 Å². The Labute approximate surface area is 159 Å². The minimum absolute atomic E-state index is 0.0280. The van der Waals surface area contributed by atoms with E-state index in [1.165, 1.54) is 6.42 Å². The third kappa shape index (κ3) is 4.89. The Kier molecular flexibility index (Phi) is 7.14. The van der Waals surface area contributed by atoms with Crippen molar-refractivity contribution in [2.45, 2.75) is 57.9 Å². The first-order chi connectivity index (χ1) is 11.9. The summed E-state index contributed by atoms with van der Waals surface area (Å²) in [6.07, 6.45) is 5.13. The second-order valence-electron chi connectivity index (χ2n) is 6.68. The Hall–Kier alpha value is -1.26. The minimum atomic E-state index is -1.03. The normalized spacial score (nSPS) is 17.6. The van der Waals surface area contributed by atoms with Gasteiger partial charge in [0.2, 0.25) is 5.91 Å². The largest absolute Gasteiger partial charge is 0.464 e. The van der Waals surface area contributed by atoms with Crippen LogP contribution >= 0.6 is 23.2 Å². The molecule has 1 aliphatic rings. The molecule has 0 bridgehead atoms. The number of carbonyl (C=O) groups excluding carboxylic acids is 2. The smallest absolute Gasteiger partial charge is 0.331 e. The lowest BCUT2D eigenvalue weighted by atomic mass is 9.75. The lowest BCUT2D eigenvalue weighted by Crippen LogP contribution is -2.58. The molecule has 138 valence electrons. The molecule has 0 aliphatic heterocycles. The van der Waals surface area contributed by atoms with Crippen molar-refractivity contribution >= 4 is 35.1 Å². The highest BCUT2D eigenvalue weighted by Gasteiger charge is 2.44. The number of hydrogen-bond donors (Lipinski definition) is 1. The zero-order chi connectivity index (χ0) is 18.4. The maximum atomic E-state index is 12.6. The van der Waals surface area contributed by atoms with Gasteiger partial charge in [-0.25, -0.2) is 4.79 Å². The summed E-state index contributed by atoms with van der Waals surface area (Å²) in [5.74, 6) is -0.581. The topological polar surface area (TPSA) is 55.4 Å². The molecule has 1 saturated carbocycles. The third-order valence-electron chi connectivity index (χ3n) is 4.92. The Balaban J connectivity index is 2.17. The maximum absolute atomic E-state index is 12.6. The third-order valence-corrected chi connectivity index (χ3v) is 5.63. The number of hydrogen-bond acceptors (Lipinski definition) is 3. The van der Waals surface area contributed by atoms with E-state index in [0.717, 1.165) is 25.7 Å². The van der Waals surface area contributed by atoms with Crippen molar-refractivity contribution in [3.8, 4) is 0 Å². The fraction of sp³-hybridized carbons (Fsp3) is 0.579. The summed E-state index contributed by atoms with van der Waals surface area (Å²) in [5.41, 5.74) is -0.459. The Morgan fingerprint density at radius 2 is 1.80 bits per heavy atom. The highest BCUT2D eigenvalue weighted by Crippen LogP contribution is 2.34. The molecule has 0 spiro atoms. The molecule has 1 amide bonds. The molecule has 25 heavy (non-hydrogen) atoms. The molecule has 0 saturated heterocycles. The molecule has 1 aromatic carbocycles. The molecule has 0 aromatic heterocycles. The molecule has 2 rings (SSSR count). The van der Waals surface area contributed by atoms with Crippen LogP contribution in [0, 0.1) is 5.92 Å². The van der Waals surface area contributed by atoms with E-state index in [2.05, 4.69) is 5.32 Å². The van der Waals surface area contributed by atoms with E-state index in [4.69, 9.17) is 27.9 Å². The molecule has 1 aliphatic carbocycles. The summed E-state index contributed by atoms with van der Waals surface area (Å²) in [4.78, 5) is 25.2. The number of carbonyl (C=O) groups is 2. The SMILES string of the molecule is CCOC(=O)C(C)(NC(=O)Cc1c(Cl)cccc1Cl)C1CCCCC1. The van der Waals surface area contributed by atoms with Crippen LogP contribution in [0.4, 0.5) is 0 Å². The fourth-order valence-electron chi connectivity index (χ4n) is 3.48. The zero-order valence-corrected chi connectivity index (χ0v) is 16.3. The molecule has 1 atom stereocenters. The summed E-state index contributed by atoms with van der Waals surface area (Å²) in [6.45, 7) is 3.82. The molecule has 0 heterocycles. The number of nitrogens with one attached hydrogen (secondary N) is 1. The standard InChI is InChI=1S/C19H25Cl2NO3/c1-3-25-18(24)19(2,13-8-5-4-6-9-13)22-17(23)12-14-15(20)10-7-11-16(14)21/h7,10-11,13H,3-6,8-9,12H2,1-2H3,(H,22,23). The van der Waals surface area contributed by atoms with Crippen LogP contribution in [0.2, 0.25) is 10.0 Å². The summed E-state index contributed by atoms with van der Waals surface area (Å²) in [7, 11) is 0. The number of halogens is 2. The predicted molar refractivity (Wildman–Crippen MR) is 99.9 cm³/mol. The van der Waals surface area contributed by atoms with Crippen LogP contribution in [0.25, 0.3) is 0 Å². The monoisotopic (exact) mass is 385 g/mol. The molecular weight excluding hydrogens is 361 g/mol.